The van der Waals surface area contributed by atoms with Crippen molar-refractivity contribution in [3.05, 3.63) is 12.3 Å². The maximum Gasteiger partial charge on any atom is 0.432 e. The average molecular weight is 194 g/mol. The van der Waals surface area contributed by atoms with Crippen LogP contribution in [0.3, 0.4) is 0 Å². The summed E-state index contributed by atoms with van der Waals surface area (Å²) in [7, 11) is 0. The van der Waals surface area contributed by atoms with Crippen molar-refractivity contribution in [3.63, 3.8) is 0 Å². The fraction of sp³-hybridized carbons (Fsp3) is 0.625. The van der Waals surface area contributed by atoms with E-state index in [2.05, 4.69) is 11.6 Å². The van der Waals surface area contributed by atoms with Crippen LogP contribution >= 0.6 is 0 Å². The van der Waals surface area contributed by atoms with E-state index in [0.29, 0.717) is 6.42 Å². The summed E-state index contributed by atoms with van der Waals surface area (Å²) in [6, 6.07) is 0. The first-order valence-electron chi connectivity index (χ1n) is 3.97. The van der Waals surface area contributed by atoms with Crippen molar-refractivity contribution >= 4 is 5.84 Å². The lowest BCUT2D eigenvalue weighted by Gasteiger charge is -2.05. The first-order chi connectivity index (χ1) is 5.88. The Balaban J connectivity index is 4.15. The van der Waals surface area contributed by atoms with Gasteiger partial charge in [0, 0.05) is 6.42 Å². The van der Waals surface area contributed by atoms with E-state index < -0.39 is 11.9 Å². The van der Waals surface area contributed by atoms with Crippen LogP contribution in [0.15, 0.2) is 17.3 Å². The Bertz CT molecular complexity index is 206. The van der Waals surface area contributed by atoms with Crippen molar-refractivity contribution in [3.8, 4) is 0 Å². The highest BCUT2D eigenvalue weighted by molar-refractivity contribution is 5.81. The Kier molecular flexibility index (Phi) is 4.51. The average Bonchev–Trinajstić information content (AvgIpc) is 1.99. The summed E-state index contributed by atoms with van der Waals surface area (Å²) in [6.45, 7) is 4.70. The quantitative estimate of drug-likeness (QED) is 0.542. The molecule has 0 spiro atoms. The van der Waals surface area contributed by atoms with Gasteiger partial charge in [-0.05, 0) is 6.42 Å². The van der Waals surface area contributed by atoms with E-state index in [-0.39, 0.29) is 5.84 Å². The van der Waals surface area contributed by atoms with Gasteiger partial charge < -0.3 is 5.73 Å². The molecule has 76 valence electrons. The van der Waals surface area contributed by atoms with Crippen molar-refractivity contribution in [2.45, 2.75) is 32.4 Å². The largest absolute Gasteiger partial charge is 0.432 e. The summed E-state index contributed by atoms with van der Waals surface area (Å²) >= 11 is 0. The molecule has 0 fully saturated rings. The fourth-order valence-corrected chi connectivity index (χ4v) is 0.651. The van der Waals surface area contributed by atoms with Gasteiger partial charge in [-0.3, -0.25) is 0 Å². The molecule has 5 heteroatoms. The SMILES string of the molecule is C=C(N=C(N)CCCC)C(F)(F)F. The summed E-state index contributed by atoms with van der Waals surface area (Å²) in [5, 5.41) is 0. The topological polar surface area (TPSA) is 38.4 Å². The van der Waals surface area contributed by atoms with Gasteiger partial charge in [-0.15, -0.1) is 0 Å². The predicted molar refractivity (Wildman–Crippen MR) is 46.3 cm³/mol. The van der Waals surface area contributed by atoms with E-state index in [1.165, 1.54) is 0 Å². The Morgan fingerprint density at radius 1 is 1.46 bits per heavy atom. The van der Waals surface area contributed by atoms with Crippen molar-refractivity contribution in [2.75, 3.05) is 0 Å². The number of nitrogens with zero attached hydrogens (tertiary/aromatic N) is 1. The van der Waals surface area contributed by atoms with E-state index in [9.17, 15) is 13.2 Å². The van der Waals surface area contributed by atoms with E-state index in [1.54, 1.807) is 0 Å². The van der Waals surface area contributed by atoms with Gasteiger partial charge in [0.25, 0.3) is 0 Å². The summed E-state index contributed by atoms with van der Waals surface area (Å²) in [5.74, 6) is -0.0100. The normalized spacial score (nSPS) is 13.1. The maximum absolute atomic E-state index is 11.9. The summed E-state index contributed by atoms with van der Waals surface area (Å²) in [4.78, 5) is 3.16. The van der Waals surface area contributed by atoms with E-state index in [4.69, 9.17) is 5.73 Å². The van der Waals surface area contributed by atoms with Crippen molar-refractivity contribution in [2.24, 2.45) is 10.7 Å². The van der Waals surface area contributed by atoms with Crippen LogP contribution in [0, 0.1) is 0 Å². The first kappa shape index (κ1) is 12.0. The molecule has 0 aliphatic heterocycles. The lowest BCUT2D eigenvalue weighted by molar-refractivity contribution is -0.0919. The Morgan fingerprint density at radius 2 is 2.00 bits per heavy atom. The predicted octanol–water partition coefficient (Wildman–Crippen LogP) is 2.61. The Labute approximate surface area is 75.3 Å². The molecule has 0 aromatic carbocycles. The number of alkyl halides is 3. The minimum atomic E-state index is -4.48. The zero-order chi connectivity index (χ0) is 10.5. The van der Waals surface area contributed by atoms with Gasteiger partial charge in [-0.1, -0.05) is 19.9 Å². The molecule has 0 atom stereocenters. The van der Waals surface area contributed by atoms with Crippen LogP contribution in [0.25, 0.3) is 0 Å². The number of amidine groups is 1. The van der Waals surface area contributed by atoms with E-state index >= 15 is 0 Å². The molecule has 0 amide bonds. The molecule has 0 rings (SSSR count). The minimum absolute atomic E-state index is 0.0100. The number of aliphatic imine (C=N–C) groups is 1. The molecule has 2 N–H and O–H groups in total. The highest BCUT2D eigenvalue weighted by atomic mass is 19.4. The standard InChI is InChI=1S/C8H13F3N2/c1-3-4-5-7(12)13-6(2)8(9,10)11/h2-5H2,1H3,(H2,12,13). The van der Waals surface area contributed by atoms with E-state index in [0.717, 1.165) is 12.8 Å². The molecule has 0 heterocycles. The molecule has 0 aliphatic carbocycles. The van der Waals surface area contributed by atoms with Gasteiger partial charge in [0.05, 0.1) is 5.84 Å². The maximum atomic E-state index is 11.9. The van der Waals surface area contributed by atoms with Crippen molar-refractivity contribution < 1.29 is 13.2 Å². The van der Waals surface area contributed by atoms with Crippen LogP contribution in [-0.2, 0) is 0 Å². The van der Waals surface area contributed by atoms with Gasteiger partial charge in [-0.2, -0.15) is 13.2 Å². The highest BCUT2D eigenvalue weighted by Crippen LogP contribution is 2.24. The molecule has 0 bridgehead atoms. The van der Waals surface area contributed by atoms with Gasteiger partial charge in [0.2, 0.25) is 0 Å². The highest BCUT2D eigenvalue weighted by Gasteiger charge is 2.32. The van der Waals surface area contributed by atoms with Gasteiger partial charge in [0.1, 0.15) is 5.70 Å². The molecule has 0 aromatic heterocycles. The van der Waals surface area contributed by atoms with Gasteiger partial charge >= 0.3 is 6.18 Å². The summed E-state index contributed by atoms with van der Waals surface area (Å²) < 4.78 is 35.6. The smallest absolute Gasteiger partial charge is 0.387 e. The molecule has 2 nitrogen and oxygen atoms in total. The van der Waals surface area contributed by atoms with Crippen LogP contribution in [0.5, 0.6) is 0 Å². The van der Waals surface area contributed by atoms with Crippen LogP contribution in [0.2, 0.25) is 0 Å². The molecule has 0 saturated heterocycles. The molecule has 0 aliphatic rings. The lowest BCUT2D eigenvalue weighted by Crippen LogP contribution is -2.16. The summed E-state index contributed by atoms with van der Waals surface area (Å²) in [5.41, 5.74) is 4.11. The molecule has 0 unspecified atom stereocenters. The summed E-state index contributed by atoms with van der Waals surface area (Å²) in [6.07, 6.45) is -2.49. The second-order valence-corrected chi connectivity index (χ2v) is 2.65. The minimum Gasteiger partial charge on any atom is -0.387 e. The molecule has 0 saturated carbocycles. The van der Waals surface area contributed by atoms with Crippen LogP contribution in [0.4, 0.5) is 13.2 Å². The van der Waals surface area contributed by atoms with Crippen molar-refractivity contribution in [1.82, 2.24) is 0 Å². The zero-order valence-electron chi connectivity index (χ0n) is 7.49. The Morgan fingerprint density at radius 3 is 2.38 bits per heavy atom. The third kappa shape index (κ3) is 5.27. The number of allylic oxidation sites excluding steroid dienone is 1. The third-order valence-electron chi connectivity index (χ3n) is 1.39. The van der Waals surface area contributed by atoms with Crippen LogP contribution < -0.4 is 5.73 Å². The van der Waals surface area contributed by atoms with Crippen LogP contribution in [-0.4, -0.2) is 12.0 Å². The number of nitrogens with two attached hydrogens (primary N) is 1. The monoisotopic (exact) mass is 194 g/mol. The first-order valence-corrected chi connectivity index (χ1v) is 3.97. The Hall–Kier alpha value is -1.00. The third-order valence-corrected chi connectivity index (χ3v) is 1.39. The number of hydrogen-bond acceptors (Lipinski definition) is 1. The molecular weight excluding hydrogens is 181 g/mol. The van der Waals surface area contributed by atoms with E-state index in [1.807, 2.05) is 6.92 Å². The number of hydrogen-bond donors (Lipinski definition) is 1. The molecular formula is C8H13F3N2. The van der Waals surface area contributed by atoms with Gasteiger partial charge in [-0.25, -0.2) is 4.99 Å². The van der Waals surface area contributed by atoms with Crippen molar-refractivity contribution in [1.29, 1.82) is 0 Å². The lowest BCUT2D eigenvalue weighted by atomic mass is 10.2. The second kappa shape index (κ2) is 4.89. The van der Waals surface area contributed by atoms with Crippen LogP contribution in [0.1, 0.15) is 26.2 Å². The number of rotatable bonds is 4. The molecule has 13 heavy (non-hydrogen) atoms. The molecule has 0 radical (unpaired) electrons. The van der Waals surface area contributed by atoms with Gasteiger partial charge in [0.15, 0.2) is 0 Å². The fourth-order valence-electron chi connectivity index (χ4n) is 0.651. The zero-order valence-corrected chi connectivity index (χ0v) is 7.49. The number of halogens is 3. The number of unbranched alkanes of at least 4 members (excludes halogenated alkanes) is 1. The second-order valence-electron chi connectivity index (χ2n) is 2.65. The molecule has 0 aromatic rings.